The summed E-state index contributed by atoms with van der Waals surface area (Å²) in [7, 11) is 0. The molecule has 1 unspecified atom stereocenters. The van der Waals surface area contributed by atoms with E-state index in [2.05, 4.69) is 16.1 Å². The van der Waals surface area contributed by atoms with E-state index in [-0.39, 0.29) is 0 Å². The number of hydrogen-bond donors (Lipinski definition) is 1. The molecule has 0 fully saturated rings. The van der Waals surface area contributed by atoms with Crippen molar-refractivity contribution in [3.63, 3.8) is 0 Å². The lowest BCUT2D eigenvalue weighted by molar-refractivity contribution is 0.180. The molecule has 4 nitrogen and oxygen atoms in total. The molecule has 0 aliphatic rings. The summed E-state index contributed by atoms with van der Waals surface area (Å²) in [5, 5.41) is 15.7. The SMILES string of the molecule is OC(Cc1nc2ccccc2s1)c1cnn2ccccc12. The fourth-order valence-electron chi connectivity index (χ4n) is 2.49. The number of nitrogens with zero attached hydrogens (tertiary/aromatic N) is 3. The van der Waals surface area contributed by atoms with Crippen LogP contribution in [0.1, 0.15) is 16.7 Å². The quantitative estimate of drug-likeness (QED) is 0.631. The summed E-state index contributed by atoms with van der Waals surface area (Å²) >= 11 is 1.63. The molecule has 0 saturated carbocycles. The minimum absolute atomic E-state index is 0.510. The average molecular weight is 295 g/mol. The Hall–Kier alpha value is -2.24. The second-order valence-corrected chi connectivity index (χ2v) is 6.04. The highest BCUT2D eigenvalue weighted by Crippen LogP contribution is 2.27. The van der Waals surface area contributed by atoms with Crippen molar-refractivity contribution in [3.8, 4) is 0 Å². The van der Waals surface area contributed by atoms with Crippen molar-refractivity contribution in [1.29, 1.82) is 0 Å². The summed E-state index contributed by atoms with van der Waals surface area (Å²) in [5.41, 5.74) is 2.77. The van der Waals surface area contributed by atoms with Crippen molar-refractivity contribution in [2.24, 2.45) is 0 Å². The molecular weight excluding hydrogens is 282 g/mol. The van der Waals surface area contributed by atoms with Crippen molar-refractivity contribution in [1.82, 2.24) is 14.6 Å². The number of thiazole rings is 1. The lowest BCUT2D eigenvalue weighted by atomic mass is 10.1. The highest BCUT2D eigenvalue weighted by atomic mass is 32.1. The number of para-hydroxylation sites is 1. The summed E-state index contributed by atoms with van der Waals surface area (Å²) in [6, 6.07) is 13.9. The van der Waals surface area contributed by atoms with Gasteiger partial charge in [0.2, 0.25) is 0 Å². The van der Waals surface area contributed by atoms with Gasteiger partial charge in [0, 0.05) is 18.2 Å². The summed E-state index contributed by atoms with van der Waals surface area (Å²) in [6.45, 7) is 0. The van der Waals surface area contributed by atoms with Gasteiger partial charge < -0.3 is 5.11 Å². The lowest BCUT2D eigenvalue weighted by Gasteiger charge is -2.06. The van der Waals surface area contributed by atoms with Crippen LogP contribution in [0, 0.1) is 0 Å². The smallest absolute Gasteiger partial charge is 0.0967 e. The monoisotopic (exact) mass is 295 g/mol. The molecule has 0 bridgehead atoms. The molecule has 0 amide bonds. The predicted molar refractivity (Wildman–Crippen MR) is 83.5 cm³/mol. The fraction of sp³-hybridized carbons (Fsp3) is 0.125. The number of fused-ring (bicyclic) bond motifs is 2. The van der Waals surface area contributed by atoms with Gasteiger partial charge in [0.15, 0.2) is 0 Å². The third-order valence-electron chi connectivity index (χ3n) is 3.52. The molecule has 1 aromatic carbocycles. The summed E-state index contributed by atoms with van der Waals surface area (Å²) in [4.78, 5) is 4.57. The second-order valence-electron chi connectivity index (χ2n) is 4.93. The Bertz CT molecular complexity index is 879. The Morgan fingerprint density at radius 1 is 1.14 bits per heavy atom. The standard InChI is InChI=1S/C16H13N3OS/c20-14(11-10-17-19-8-4-3-6-13(11)19)9-16-18-12-5-1-2-7-15(12)21-16/h1-8,10,14,20H,9H2. The molecule has 5 heteroatoms. The Labute approximate surface area is 125 Å². The first-order chi connectivity index (χ1) is 10.3. The summed E-state index contributed by atoms with van der Waals surface area (Å²) in [5.74, 6) is 0. The first kappa shape index (κ1) is 12.5. The van der Waals surface area contributed by atoms with Gasteiger partial charge in [-0.1, -0.05) is 18.2 Å². The number of rotatable bonds is 3. The predicted octanol–water partition coefficient (Wildman–Crippen LogP) is 3.22. The van der Waals surface area contributed by atoms with E-state index in [1.807, 2.05) is 42.6 Å². The van der Waals surface area contributed by atoms with Crippen LogP contribution in [0.5, 0.6) is 0 Å². The maximum Gasteiger partial charge on any atom is 0.0967 e. The van der Waals surface area contributed by atoms with Gasteiger partial charge in [-0.3, -0.25) is 0 Å². The topological polar surface area (TPSA) is 50.4 Å². The molecule has 0 aliphatic heterocycles. The van der Waals surface area contributed by atoms with Crippen LogP contribution in [0.2, 0.25) is 0 Å². The minimum Gasteiger partial charge on any atom is -0.388 e. The van der Waals surface area contributed by atoms with Gasteiger partial charge in [-0.15, -0.1) is 11.3 Å². The zero-order chi connectivity index (χ0) is 14.2. The van der Waals surface area contributed by atoms with Gasteiger partial charge in [-0.2, -0.15) is 5.10 Å². The van der Waals surface area contributed by atoms with E-state index in [9.17, 15) is 5.11 Å². The molecule has 3 heterocycles. The number of hydrogen-bond acceptors (Lipinski definition) is 4. The normalized spacial score (nSPS) is 13.0. The van der Waals surface area contributed by atoms with Crippen LogP contribution < -0.4 is 0 Å². The van der Waals surface area contributed by atoms with Crippen LogP contribution in [0.15, 0.2) is 54.9 Å². The Morgan fingerprint density at radius 2 is 2.00 bits per heavy atom. The second kappa shape index (κ2) is 4.95. The van der Waals surface area contributed by atoms with Crippen molar-refractivity contribution < 1.29 is 5.11 Å². The van der Waals surface area contributed by atoms with E-state index in [0.717, 1.165) is 26.3 Å². The highest BCUT2D eigenvalue weighted by Gasteiger charge is 2.16. The van der Waals surface area contributed by atoms with E-state index in [1.165, 1.54) is 0 Å². The van der Waals surface area contributed by atoms with Gasteiger partial charge in [-0.05, 0) is 24.3 Å². The van der Waals surface area contributed by atoms with E-state index < -0.39 is 6.10 Å². The van der Waals surface area contributed by atoms with E-state index in [1.54, 1.807) is 22.0 Å². The maximum absolute atomic E-state index is 10.5. The van der Waals surface area contributed by atoms with Crippen LogP contribution in [0.25, 0.3) is 15.7 Å². The molecule has 0 aliphatic carbocycles. The molecule has 4 aromatic rings. The Morgan fingerprint density at radius 3 is 2.90 bits per heavy atom. The van der Waals surface area contributed by atoms with Gasteiger partial charge >= 0.3 is 0 Å². The zero-order valence-corrected chi connectivity index (χ0v) is 12.0. The molecule has 4 rings (SSSR count). The number of benzene rings is 1. The Balaban J connectivity index is 1.67. The molecule has 1 N–H and O–H groups in total. The van der Waals surface area contributed by atoms with Crippen molar-refractivity contribution >= 4 is 27.1 Å². The van der Waals surface area contributed by atoms with Gasteiger partial charge in [-0.25, -0.2) is 9.50 Å². The number of aliphatic hydroxyl groups excluding tert-OH is 1. The first-order valence-corrected chi connectivity index (χ1v) is 7.58. The Kier molecular flexibility index (Phi) is 2.94. The van der Waals surface area contributed by atoms with E-state index in [0.29, 0.717) is 6.42 Å². The molecule has 3 aromatic heterocycles. The van der Waals surface area contributed by atoms with Gasteiger partial charge in [0.25, 0.3) is 0 Å². The molecule has 1 atom stereocenters. The van der Waals surface area contributed by atoms with Crippen LogP contribution in [0.4, 0.5) is 0 Å². The maximum atomic E-state index is 10.5. The van der Waals surface area contributed by atoms with Crippen LogP contribution in [-0.4, -0.2) is 19.7 Å². The lowest BCUT2D eigenvalue weighted by Crippen LogP contribution is -2.01. The van der Waals surface area contributed by atoms with Crippen molar-refractivity contribution in [2.45, 2.75) is 12.5 Å². The zero-order valence-electron chi connectivity index (χ0n) is 11.2. The molecule has 0 saturated heterocycles. The first-order valence-electron chi connectivity index (χ1n) is 6.76. The van der Waals surface area contributed by atoms with E-state index >= 15 is 0 Å². The van der Waals surface area contributed by atoms with E-state index in [4.69, 9.17) is 0 Å². The minimum atomic E-state index is -0.592. The molecule has 0 spiro atoms. The number of pyridine rings is 1. The largest absolute Gasteiger partial charge is 0.388 e. The van der Waals surface area contributed by atoms with Crippen LogP contribution >= 0.6 is 11.3 Å². The number of aliphatic hydroxyl groups is 1. The van der Waals surface area contributed by atoms with Crippen molar-refractivity contribution in [2.75, 3.05) is 0 Å². The van der Waals surface area contributed by atoms with Crippen LogP contribution in [0.3, 0.4) is 0 Å². The molecule has 21 heavy (non-hydrogen) atoms. The van der Waals surface area contributed by atoms with Crippen molar-refractivity contribution in [3.05, 3.63) is 65.4 Å². The van der Waals surface area contributed by atoms with Crippen LogP contribution in [-0.2, 0) is 6.42 Å². The highest BCUT2D eigenvalue weighted by molar-refractivity contribution is 7.18. The molecule has 104 valence electrons. The summed E-state index contributed by atoms with van der Waals surface area (Å²) < 4.78 is 2.93. The average Bonchev–Trinajstić information content (AvgIpc) is 3.10. The van der Waals surface area contributed by atoms with Gasteiger partial charge in [0.1, 0.15) is 0 Å². The number of aromatic nitrogens is 3. The molecule has 0 radical (unpaired) electrons. The third kappa shape index (κ3) is 2.20. The fourth-order valence-corrected chi connectivity index (χ4v) is 3.50. The van der Waals surface area contributed by atoms with Gasteiger partial charge in [0.05, 0.1) is 33.0 Å². The third-order valence-corrected chi connectivity index (χ3v) is 4.58. The molecular formula is C16H13N3OS. The summed E-state index contributed by atoms with van der Waals surface area (Å²) in [6.07, 6.45) is 3.53.